The summed E-state index contributed by atoms with van der Waals surface area (Å²) < 4.78 is 4.59. The third-order valence-corrected chi connectivity index (χ3v) is 4.53. The molecule has 136 valence electrons. The Hall–Kier alpha value is -2.44. The Morgan fingerprint density at radius 3 is 2.84 bits per heavy atom. The number of unbranched alkanes of at least 4 members (excludes halogenated alkanes) is 2. The van der Waals surface area contributed by atoms with E-state index < -0.39 is 5.92 Å². The van der Waals surface area contributed by atoms with Gasteiger partial charge in [0.25, 0.3) is 0 Å². The predicted molar refractivity (Wildman–Crippen MR) is 91.3 cm³/mol. The number of carbonyl (C=O) groups excluding carboxylic acids is 3. The molecule has 2 unspecified atom stereocenters. The van der Waals surface area contributed by atoms with Crippen LogP contribution in [0.5, 0.6) is 0 Å². The summed E-state index contributed by atoms with van der Waals surface area (Å²) >= 11 is 0. The van der Waals surface area contributed by atoms with E-state index in [0.717, 1.165) is 24.8 Å². The number of nitrogens with one attached hydrogen (secondary N) is 1. The van der Waals surface area contributed by atoms with E-state index >= 15 is 0 Å². The van der Waals surface area contributed by atoms with E-state index in [1.807, 2.05) is 12.1 Å². The van der Waals surface area contributed by atoms with Crippen LogP contribution in [0.1, 0.15) is 43.7 Å². The summed E-state index contributed by atoms with van der Waals surface area (Å²) in [7, 11) is 3.10. The topological polar surface area (TPSA) is 88.6 Å². The summed E-state index contributed by atoms with van der Waals surface area (Å²) in [6.07, 6.45) is 6.35. The Morgan fingerprint density at radius 1 is 1.36 bits per heavy atom. The van der Waals surface area contributed by atoms with Crippen molar-refractivity contribution in [2.75, 3.05) is 20.7 Å². The fourth-order valence-electron chi connectivity index (χ4n) is 3.13. The second kappa shape index (κ2) is 9.15. The van der Waals surface area contributed by atoms with E-state index in [9.17, 15) is 14.4 Å². The number of nitrogens with zero attached hydrogens (tertiary/aromatic N) is 2. The molecule has 25 heavy (non-hydrogen) atoms. The van der Waals surface area contributed by atoms with Crippen molar-refractivity contribution in [3.63, 3.8) is 0 Å². The smallest absolute Gasteiger partial charge is 0.305 e. The molecule has 0 radical (unpaired) electrons. The van der Waals surface area contributed by atoms with Crippen LogP contribution in [0.2, 0.25) is 0 Å². The second-order valence-corrected chi connectivity index (χ2v) is 6.22. The minimum absolute atomic E-state index is 0.0351. The molecule has 0 saturated carbocycles. The van der Waals surface area contributed by atoms with Gasteiger partial charge in [-0.1, -0.05) is 12.5 Å². The number of carbonyl (C=O) groups is 3. The summed E-state index contributed by atoms with van der Waals surface area (Å²) in [6, 6.07) is 3.42. The maximum Gasteiger partial charge on any atom is 0.305 e. The number of hydrogen-bond donors (Lipinski definition) is 1. The molecule has 2 rings (SSSR count). The monoisotopic (exact) mass is 347 g/mol. The van der Waals surface area contributed by atoms with E-state index in [2.05, 4.69) is 15.0 Å². The van der Waals surface area contributed by atoms with Gasteiger partial charge in [-0.15, -0.1) is 0 Å². The Morgan fingerprint density at radius 2 is 2.16 bits per heavy atom. The van der Waals surface area contributed by atoms with Gasteiger partial charge in [-0.2, -0.15) is 0 Å². The lowest BCUT2D eigenvalue weighted by atomic mass is 9.94. The van der Waals surface area contributed by atoms with Crippen molar-refractivity contribution < 1.29 is 19.1 Å². The first-order valence-corrected chi connectivity index (χ1v) is 8.54. The molecule has 0 aliphatic carbocycles. The minimum atomic E-state index is -0.406. The molecule has 1 aliphatic rings. The zero-order chi connectivity index (χ0) is 18.2. The molecule has 0 aromatic carbocycles. The number of hydrogen-bond acceptors (Lipinski definition) is 5. The number of pyridine rings is 1. The highest BCUT2D eigenvalue weighted by molar-refractivity contribution is 5.90. The molecule has 2 amide bonds. The van der Waals surface area contributed by atoms with Gasteiger partial charge in [0.15, 0.2) is 0 Å². The normalized spacial score (nSPS) is 19.8. The van der Waals surface area contributed by atoms with Gasteiger partial charge in [-0.25, -0.2) is 0 Å². The second-order valence-electron chi connectivity index (χ2n) is 6.22. The van der Waals surface area contributed by atoms with Crippen molar-refractivity contribution in [1.29, 1.82) is 0 Å². The molecule has 0 spiro atoms. The van der Waals surface area contributed by atoms with E-state index in [1.54, 1.807) is 24.3 Å². The van der Waals surface area contributed by atoms with Crippen LogP contribution in [0.3, 0.4) is 0 Å². The Balaban J connectivity index is 1.83. The Bertz CT molecular complexity index is 606. The molecule has 1 aromatic heterocycles. The van der Waals surface area contributed by atoms with Gasteiger partial charge < -0.3 is 15.0 Å². The summed E-state index contributed by atoms with van der Waals surface area (Å²) in [4.78, 5) is 41.3. The Kier molecular flexibility index (Phi) is 6.91. The average molecular weight is 347 g/mol. The van der Waals surface area contributed by atoms with Crippen LogP contribution < -0.4 is 5.32 Å². The molecular weight excluding hydrogens is 322 g/mol. The number of methoxy groups -OCH3 is 1. The Labute approximate surface area is 147 Å². The zero-order valence-corrected chi connectivity index (χ0v) is 14.7. The van der Waals surface area contributed by atoms with E-state index in [0.29, 0.717) is 13.0 Å². The van der Waals surface area contributed by atoms with Crippen molar-refractivity contribution in [2.24, 2.45) is 5.92 Å². The molecular formula is C18H25N3O4. The maximum absolute atomic E-state index is 12.5. The van der Waals surface area contributed by atoms with Crippen molar-refractivity contribution in [3.05, 3.63) is 30.1 Å². The molecule has 1 N–H and O–H groups in total. The number of likely N-dealkylation sites (tertiary alicyclic amines) is 1. The van der Waals surface area contributed by atoms with Crippen LogP contribution in [0.15, 0.2) is 24.5 Å². The fraction of sp³-hybridized carbons (Fsp3) is 0.556. The number of ether oxygens (including phenoxy) is 1. The van der Waals surface area contributed by atoms with Gasteiger partial charge in [0, 0.05) is 38.8 Å². The highest BCUT2D eigenvalue weighted by Crippen LogP contribution is 2.36. The van der Waals surface area contributed by atoms with Crippen molar-refractivity contribution >= 4 is 17.8 Å². The first-order valence-electron chi connectivity index (χ1n) is 8.54. The van der Waals surface area contributed by atoms with Crippen molar-refractivity contribution in [2.45, 2.75) is 38.1 Å². The van der Waals surface area contributed by atoms with Gasteiger partial charge in [-0.3, -0.25) is 19.4 Å². The predicted octanol–water partition coefficient (Wildman–Crippen LogP) is 1.45. The van der Waals surface area contributed by atoms with Crippen molar-refractivity contribution in [1.82, 2.24) is 15.2 Å². The molecule has 2 heterocycles. The number of esters is 1. The number of amides is 2. The molecule has 7 nitrogen and oxygen atoms in total. The zero-order valence-electron chi connectivity index (χ0n) is 14.7. The fourth-order valence-corrected chi connectivity index (χ4v) is 3.13. The molecule has 0 bridgehead atoms. The molecule has 1 aliphatic heterocycles. The summed E-state index contributed by atoms with van der Waals surface area (Å²) in [6.45, 7) is 0.536. The first kappa shape index (κ1) is 18.9. The van der Waals surface area contributed by atoms with Gasteiger partial charge in [0.1, 0.15) is 0 Å². The number of rotatable bonds is 8. The molecule has 1 fully saturated rings. The standard InChI is InChI=1S/C18H25N3O4/c1-21-15(22)11-14(17(21)13-7-6-9-19-12-13)18(24)20-10-5-3-4-8-16(23)25-2/h6-7,9,12,14,17H,3-5,8,10-11H2,1-2H3,(H,20,24). The largest absolute Gasteiger partial charge is 0.469 e. The SMILES string of the molecule is COC(=O)CCCCCNC(=O)C1CC(=O)N(C)C1c1cccnc1. The van der Waals surface area contributed by atoms with Crippen LogP contribution in [-0.2, 0) is 19.1 Å². The van der Waals surface area contributed by atoms with Gasteiger partial charge in [0.05, 0.1) is 19.1 Å². The summed E-state index contributed by atoms with van der Waals surface area (Å²) in [5, 5.41) is 2.91. The van der Waals surface area contributed by atoms with Gasteiger partial charge in [0.2, 0.25) is 11.8 Å². The highest BCUT2D eigenvalue weighted by atomic mass is 16.5. The molecule has 2 atom stereocenters. The van der Waals surface area contributed by atoms with E-state index in [-0.39, 0.29) is 30.2 Å². The minimum Gasteiger partial charge on any atom is -0.469 e. The maximum atomic E-state index is 12.5. The van der Waals surface area contributed by atoms with E-state index in [4.69, 9.17) is 0 Å². The quantitative estimate of drug-likeness (QED) is 0.568. The lowest BCUT2D eigenvalue weighted by Crippen LogP contribution is -2.35. The van der Waals surface area contributed by atoms with Gasteiger partial charge >= 0.3 is 5.97 Å². The summed E-state index contributed by atoms with van der Waals surface area (Å²) in [5.41, 5.74) is 0.870. The van der Waals surface area contributed by atoms with Crippen LogP contribution in [0, 0.1) is 5.92 Å². The van der Waals surface area contributed by atoms with Gasteiger partial charge in [-0.05, 0) is 24.5 Å². The van der Waals surface area contributed by atoms with Crippen LogP contribution >= 0.6 is 0 Å². The molecule has 7 heteroatoms. The average Bonchev–Trinajstić information content (AvgIpc) is 2.93. The third kappa shape index (κ3) is 5.01. The lowest BCUT2D eigenvalue weighted by molar-refractivity contribution is -0.140. The highest BCUT2D eigenvalue weighted by Gasteiger charge is 2.42. The van der Waals surface area contributed by atoms with Crippen LogP contribution in [0.4, 0.5) is 0 Å². The molecule has 1 aromatic rings. The number of aromatic nitrogens is 1. The first-order chi connectivity index (χ1) is 12.0. The van der Waals surface area contributed by atoms with E-state index in [1.165, 1.54) is 7.11 Å². The van der Waals surface area contributed by atoms with Crippen LogP contribution in [0.25, 0.3) is 0 Å². The summed E-state index contributed by atoms with van der Waals surface area (Å²) in [5.74, 6) is -0.765. The third-order valence-electron chi connectivity index (χ3n) is 4.53. The van der Waals surface area contributed by atoms with Crippen molar-refractivity contribution in [3.8, 4) is 0 Å². The lowest BCUT2D eigenvalue weighted by Gasteiger charge is -2.24. The molecule has 1 saturated heterocycles. The van der Waals surface area contributed by atoms with Crippen LogP contribution in [-0.4, -0.2) is 48.4 Å².